The van der Waals surface area contributed by atoms with Crippen molar-refractivity contribution in [2.24, 2.45) is 0 Å². The highest BCUT2D eigenvalue weighted by Gasteiger charge is 2.20. The first-order chi connectivity index (χ1) is 10.1. The third-order valence-electron chi connectivity index (χ3n) is 3.18. The third kappa shape index (κ3) is 3.07. The molecule has 1 unspecified atom stereocenters. The highest BCUT2D eigenvalue weighted by molar-refractivity contribution is 5.93. The fourth-order valence-corrected chi connectivity index (χ4v) is 1.86. The maximum Gasteiger partial charge on any atom is 0.249 e. The molecule has 2 rings (SSSR count). The van der Waals surface area contributed by atoms with E-state index in [4.69, 9.17) is 4.74 Å². The Labute approximate surface area is 121 Å². The maximum atomic E-state index is 12.2. The topological polar surface area (TPSA) is 86.1 Å². The molecule has 1 aromatic carbocycles. The summed E-state index contributed by atoms with van der Waals surface area (Å²) in [5.74, 6) is 0.467. The molecule has 0 radical (unpaired) electrons. The van der Waals surface area contributed by atoms with Crippen molar-refractivity contribution in [3.05, 3.63) is 35.7 Å². The number of benzene rings is 1. The summed E-state index contributed by atoms with van der Waals surface area (Å²) >= 11 is 0. The number of aldehydes is 1. The molecule has 2 aromatic rings. The number of amides is 1. The van der Waals surface area contributed by atoms with Crippen LogP contribution in [0.1, 0.15) is 29.1 Å². The van der Waals surface area contributed by atoms with Crippen LogP contribution in [0.15, 0.2) is 24.3 Å². The first-order valence-electron chi connectivity index (χ1n) is 6.38. The Balaban J connectivity index is 2.11. The lowest BCUT2D eigenvalue weighted by molar-refractivity contribution is -0.119. The maximum absolute atomic E-state index is 12.2. The zero-order valence-corrected chi connectivity index (χ0v) is 12.0. The van der Waals surface area contributed by atoms with E-state index < -0.39 is 6.04 Å². The molecule has 0 saturated heterocycles. The lowest BCUT2D eigenvalue weighted by Gasteiger charge is -2.13. The van der Waals surface area contributed by atoms with Crippen LogP contribution in [0.25, 0.3) is 0 Å². The molecule has 0 aliphatic carbocycles. The van der Waals surface area contributed by atoms with Crippen molar-refractivity contribution >= 4 is 17.9 Å². The molecule has 7 heteroatoms. The summed E-state index contributed by atoms with van der Waals surface area (Å²) in [6, 6.07) is 6.42. The number of rotatable bonds is 5. The van der Waals surface area contributed by atoms with Crippen molar-refractivity contribution in [2.75, 3.05) is 12.4 Å². The van der Waals surface area contributed by atoms with Crippen molar-refractivity contribution in [1.82, 2.24) is 15.0 Å². The van der Waals surface area contributed by atoms with Gasteiger partial charge in [-0.25, -0.2) is 4.68 Å². The number of nitrogens with one attached hydrogen (secondary N) is 1. The molecular formula is C14H16N4O3. The quantitative estimate of drug-likeness (QED) is 0.845. The second-order valence-corrected chi connectivity index (χ2v) is 4.52. The van der Waals surface area contributed by atoms with Crippen LogP contribution in [0.3, 0.4) is 0 Å². The van der Waals surface area contributed by atoms with Crippen molar-refractivity contribution < 1.29 is 14.3 Å². The van der Waals surface area contributed by atoms with Crippen molar-refractivity contribution in [1.29, 1.82) is 0 Å². The smallest absolute Gasteiger partial charge is 0.249 e. The van der Waals surface area contributed by atoms with Crippen LogP contribution in [0.5, 0.6) is 5.75 Å². The van der Waals surface area contributed by atoms with Crippen LogP contribution in [-0.2, 0) is 4.79 Å². The number of carbonyl (C=O) groups excluding carboxylic acids is 2. The summed E-state index contributed by atoms with van der Waals surface area (Å²) in [6.07, 6.45) is 0.618. The van der Waals surface area contributed by atoms with E-state index >= 15 is 0 Å². The Morgan fingerprint density at radius 2 is 2.05 bits per heavy atom. The molecule has 1 heterocycles. The normalized spacial score (nSPS) is 11.8. The summed E-state index contributed by atoms with van der Waals surface area (Å²) in [4.78, 5) is 23.0. The van der Waals surface area contributed by atoms with Crippen molar-refractivity contribution in [2.45, 2.75) is 19.9 Å². The molecule has 0 aliphatic rings. The monoisotopic (exact) mass is 288 g/mol. The van der Waals surface area contributed by atoms with Gasteiger partial charge in [0.25, 0.3) is 0 Å². The predicted octanol–water partition coefficient (Wildman–Crippen LogP) is 1.61. The number of carbonyl (C=O) groups is 2. The van der Waals surface area contributed by atoms with Gasteiger partial charge in [-0.1, -0.05) is 5.21 Å². The summed E-state index contributed by atoms with van der Waals surface area (Å²) in [5.41, 5.74) is 1.45. The summed E-state index contributed by atoms with van der Waals surface area (Å²) in [7, 11) is 1.58. The molecule has 110 valence electrons. The van der Waals surface area contributed by atoms with Crippen molar-refractivity contribution in [3.63, 3.8) is 0 Å². The minimum atomic E-state index is -0.576. The molecule has 0 fully saturated rings. The predicted molar refractivity (Wildman–Crippen MR) is 76.5 cm³/mol. The van der Waals surface area contributed by atoms with Crippen LogP contribution < -0.4 is 10.1 Å². The number of ether oxygens (including phenoxy) is 1. The summed E-state index contributed by atoms with van der Waals surface area (Å²) in [6.45, 7) is 3.38. The van der Waals surface area contributed by atoms with Crippen LogP contribution >= 0.6 is 0 Å². The summed E-state index contributed by atoms with van der Waals surface area (Å²) in [5, 5.41) is 10.3. The van der Waals surface area contributed by atoms with E-state index in [-0.39, 0.29) is 11.6 Å². The molecule has 7 nitrogen and oxygen atoms in total. The molecule has 0 aliphatic heterocycles. The average molecular weight is 288 g/mol. The molecular weight excluding hydrogens is 272 g/mol. The Hall–Kier alpha value is -2.70. The van der Waals surface area contributed by atoms with Gasteiger partial charge in [-0.15, -0.1) is 5.10 Å². The second kappa shape index (κ2) is 6.17. The fraction of sp³-hybridized carbons (Fsp3) is 0.286. The van der Waals surface area contributed by atoms with Gasteiger partial charge < -0.3 is 10.1 Å². The van der Waals surface area contributed by atoms with Crippen LogP contribution in [-0.4, -0.2) is 34.3 Å². The minimum Gasteiger partial charge on any atom is -0.497 e. The zero-order chi connectivity index (χ0) is 15.4. The molecule has 1 atom stereocenters. The van der Waals surface area contributed by atoms with Gasteiger partial charge in [0.1, 0.15) is 17.5 Å². The molecule has 1 amide bonds. The van der Waals surface area contributed by atoms with Gasteiger partial charge in [-0.05, 0) is 38.1 Å². The Morgan fingerprint density at radius 3 is 2.57 bits per heavy atom. The molecule has 0 bridgehead atoms. The zero-order valence-electron chi connectivity index (χ0n) is 12.0. The number of hydrogen-bond donors (Lipinski definition) is 1. The number of aromatic nitrogens is 3. The Bertz CT molecular complexity index is 649. The van der Waals surface area contributed by atoms with Crippen LogP contribution in [0, 0.1) is 6.92 Å². The molecule has 21 heavy (non-hydrogen) atoms. The van der Waals surface area contributed by atoms with Gasteiger partial charge in [-0.2, -0.15) is 0 Å². The second-order valence-electron chi connectivity index (χ2n) is 4.52. The average Bonchev–Trinajstić information content (AvgIpc) is 2.88. The van der Waals surface area contributed by atoms with Crippen molar-refractivity contribution in [3.8, 4) is 5.75 Å². The number of methoxy groups -OCH3 is 1. The van der Waals surface area contributed by atoms with Gasteiger partial charge in [-0.3, -0.25) is 9.59 Å². The lowest BCUT2D eigenvalue weighted by Crippen LogP contribution is -2.25. The van der Waals surface area contributed by atoms with Crippen LogP contribution in [0.4, 0.5) is 5.69 Å². The lowest BCUT2D eigenvalue weighted by atomic mass is 10.2. The molecule has 0 saturated carbocycles. The summed E-state index contributed by atoms with van der Waals surface area (Å²) < 4.78 is 6.47. The standard InChI is InChI=1S/C14H16N4O3/c1-9-13(8-19)16-17-18(9)10(2)14(20)15-11-4-6-12(21-3)7-5-11/h4-8,10H,1-3H3,(H,15,20). The van der Waals surface area contributed by atoms with E-state index in [1.165, 1.54) is 4.68 Å². The number of anilines is 1. The fourth-order valence-electron chi connectivity index (χ4n) is 1.86. The van der Waals surface area contributed by atoms with E-state index in [0.29, 0.717) is 23.4 Å². The highest BCUT2D eigenvalue weighted by atomic mass is 16.5. The largest absolute Gasteiger partial charge is 0.497 e. The first-order valence-corrected chi connectivity index (χ1v) is 6.38. The first kappa shape index (κ1) is 14.7. The van der Waals surface area contributed by atoms with Gasteiger partial charge in [0, 0.05) is 5.69 Å². The SMILES string of the molecule is COc1ccc(NC(=O)C(C)n2nnc(C=O)c2C)cc1. The van der Waals surface area contributed by atoms with Gasteiger partial charge in [0.15, 0.2) is 6.29 Å². The Morgan fingerprint density at radius 1 is 1.38 bits per heavy atom. The van der Waals surface area contributed by atoms with E-state index in [1.54, 1.807) is 45.2 Å². The number of nitrogens with zero attached hydrogens (tertiary/aromatic N) is 3. The van der Waals surface area contributed by atoms with Crippen LogP contribution in [0.2, 0.25) is 0 Å². The van der Waals surface area contributed by atoms with E-state index in [0.717, 1.165) is 0 Å². The molecule has 1 N–H and O–H groups in total. The van der Waals surface area contributed by atoms with Gasteiger partial charge >= 0.3 is 0 Å². The van der Waals surface area contributed by atoms with Gasteiger partial charge in [0.05, 0.1) is 12.8 Å². The van der Waals surface area contributed by atoms with Gasteiger partial charge in [0.2, 0.25) is 5.91 Å². The molecule has 0 spiro atoms. The minimum absolute atomic E-state index is 0.235. The van der Waals surface area contributed by atoms with E-state index in [2.05, 4.69) is 15.6 Å². The third-order valence-corrected chi connectivity index (χ3v) is 3.18. The van der Waals surface area contributed by atoms with E-state index in [1.807, 2.05) is 0 Å². The number of hydrogen-bond acceptors (Lipinski definition) is 5. The van der Waals surface area contributed by atoms with E-state index in [9.17, 15) is 9.59 Å². The molecule has 1 aromatic heterocycles. The Kier molecular flexibility index (Phi) is 4.32. The highest BCUT2D eigenvalue weighted by Crippen LogP contribution is 2.17.